The highest BCUT2D eigenvalue weighted by atomic mass is 16.5. The van der Waals surface area contributed by atoms with E-state index < -0.39 is 6.04 Å². The number of furan rings is 1. The third-order valence-electron chi connectivity index (χ3n) is 5.68. The Bertz CT molecular complexity index is 1260. The number of aromatic nitrogens is 2. The van der Waals surface area contributed by atoms with Gasteiger partial charge in [-0.05, 0) is 55.8 Å². The summed E-state index contributed by atoms with van der Waals surface area (Å²) in [5, 5.41) is 17.9. The van der Waals surface area contributed by atoms with Crippen molar-refractivity contribution in [3.8, 4) is 22.8 Å². The maximum atomic E-state index is 13.4. The maximum Gasteiger partial charge on any atom is 0.273 e. The van der Waals surface area contributed by atoms with Crippen molar-refractivity contribution in [2.75, 3.05) is 6.61 Å². The smallest absolute Gasteiger partial charge is 0.273 e. The van der Waals surface area contributed by atoms with Gasteiger partial charge in [0.15, 0.2) is 0 Å². The number of phenolic OH excluding ortho intramolecular Hbond substituents is 1. The van der Waals surface area contributed by atoms with E-state index in [0.29, 0.717) is 35.9 Å². The molecule has 1 aliphatic heterocycles. The molecule has 162 valence electrons. The van der Waals surface area contributed by atoms with Crippen LogP contribution in [0.4, 0.5) is 0 Å². The Hall–Kier alpha value is -4.00. The lowest BCUT2D eigenvalue weighted by Crippen LogP contribution is -2.28. The minimum absolute atomic E-state index is 0.118. The molecule has 7 nitrogen and oxygen atoms in total. The zero-order chi connectivity index (χ0) is 22.2. The van der Waals surface area contributed by atoms with Gasteiger partial charge in [0.1, 0.15) is 28.6 Å². The summed E-state index contributed by atoms with van der Waals surface area (Å²) in [6, 6.07) is 16.3. The van der Waals surface area contributed by atoms with E-state index in [9.17, 15) is 9.90 Å². The molecule has 0 bridgehead atoms. The zero-order valence-electron chi connectivity index (χ0n) is 17.8. The largest absolute Gasteiger partial charge is 0.507 e. The zero-order valence-corrected chi connectivity index (χ0v) is 17.8. The van der Waals surface area contributed by atoms with Gasteiger partial charge in [-0.1, -0.05) is 23.8 Å². The van der Waals surface area contributed by atoms with Crippen LogP contribution in [0.5, 0.6) is 11.5 Å². The molecule has 7 heteroatoms. The van der Waals surface area contributed by atoms with Crippen molar-refractivity contribution in [2.45, 2.75) is 26.4 Å². The third kappa shape index (κ3) is 3.32. The summed E-state index contributed by atoms with van der Waals surface area (Å²) in [4.78, 5) is 15.2. The van der Waals surface area contributed by atoms with Gasteiger partial charge in [-0.15, -0.1) is 0 Å². The van der Waals surface area contributed by atoms with Crippen molar-refractivity contribution in [1.82, 2.24) is 15.1 Å². The van der Waals surface area contributed by atoms with E-state index in [4.69, 9.17) is 9.15 Å². The van der Waals surface area contributed by atoms with Gasteiger partial charge < -0.3 is 19.2 Å². The van der Waals surface area contributed by atoms with Crippen molar-refractivity contribution >= 4 is 5.91 Å². The second-order valence-electron chi connectivity index (χ2n) is 7.80. The fourth-order valence-corrected chi connectivity index (χ4v) is 4.23. The fourth-order valence-electron chi connectivity index (χ4n) is 4.23. The lowest BCUT2D eigenvalue weighted by molar-refractivity contribution is 0.0717. The second kappa shape index (κ2) is 7.92. The molecule has 5 rings (SSSR count). The first-order valence-corrected chi connectivity index (χ1v) is 10.5. The van der Waals surface area contributed by atoms with Gasteiger partial charge in [-0.25, -0.2) is 0 Å². The number of H-pyrrole nitrogens is 1. The Morgan fingerprint density at radius 2 is 2.00 bits per heavy atom. The SMILES string of the molecule is CCOc1ccc(C2c3c(-c4cc(C)ccc4O)n[nH]c3C(=O)N2Cc2ccco2)cc1. The van der Waals surface area contributed by atoms with Crippen molar-refractivity contribution in [2.24, 2.45) is 0 Å². The normalized spacial score (nSPS) is 15.2. The average molecular weight is 429 g/mol. The number of rotatable bonds is 6. The van der Waals surface area contributed by atoms with Crippen LogP contribution >= 0.6 is 0 Å². The van der Waals surface area contributed by atoms with Crippen molar-refractivity contribution in [1.29, 1.82) is 0 Å². The topological polar surface area (TPSA) is 91.6 Å². The lowest BCUT2D eigenvalue weighted by atomic mass is 9.95. The molecule has 2 N–H and O–H groups in total. The number of hydrogen-bond donors (Lipinski definition) is 2. The Morgan fingerprint density at radius 3 is 2.72 bits per heavy atom. The first kappa shape index (κ1) is 19.9. The van der Waals surface area contributed by atoms with E-state index >= 15 is 0 Å². The van der Waals surface area contributed by atoms with Gasteiger partial charge in [-0.2, -0.15) is 5.10 Å². The van der Waals surface area contributed by atoms with Crippen LogP contribution in [-0.4, -0.2) is 32.7 Å². The van der Waals surface area contributed by atoms with E-state index in [-0.39, 0.29) is 11.7 Å². The molecule has 0 aliphatic carbocycles. The van der Waals surface area contributed by atoms with Gasteiger partial charge in [0.2, 0.25) is 0 Å². The van der Waals surface area contributed by atoms with Crippen molar-refractivity contribution in [3.05, 3.63) is 89.0 Å². The summed E-state index contributed by atoms with van der Waals surface area (Å²) in [5.41, 5.74) is 4.23. The Kier molecular flexibility index (Phi) is 4.93. The van der Waals surface area contributed by atoms with Gasteiger partial charge in [0.25, 0.3) is 5.91 Å². The number of ether oxygens (including phenoxy) is 1. The monoisotopic (exact) mass is 429 g/mol. The van der Waals surface area contributed by atoms with Gasteiger partial charge >= 0.3 is 0 Å². The highest BCUT2D eigenvalue weighted by Crippen LogP contribution is 2.45. The minimum Gasteiger partial charge on any atom is -0.507 e. The molecule has 1 atom stereocenters. The quantitative estimate of drug-likeness (QED) is 0.458. The van der Waals surface area contributed by atoms with Crippen LogP contribution < -0.4 is 4.74 Å². The average Bonchev–Trinajstić information content (AvgIpc) is 3.51. The Labute approximate surface area is 185 Å². The van der Waals surface area contributed by atoms with Gasteiger partial charge in [0.05, 0.1) is 25.5 Å². The molecule has 1 aliphatic rings. The minimum atomic E-state index is -0.396. The van der Waals surface area contributed by atoms with Crippen LogP contribution in [0.2, 0.25) is 0 Å². The summed E-state index contributed by atoms with van der Waals surface area (Å²) in [6.45, 7) is 4.78. The number of carbonyl (C=O) groups is 1. The van der Waals surface area contributed by atoms with E-state index in [1.807, 2.05) is 56.3 Å². The number of phenols is 1. The predicted octanol–water partition coefficient (Wildman–Crippen LogP) is 4.83. The molecule has 0 saturated heterocycles. The highest BCUT2D eigenvalue weighted by Gasteiger charge is 2.42. The molecule has 3 heterocycles. The first-order valence-electron chi connectivity index (χ1n) is 10.5. The van der Waals surface area contributed by atoms with Crippen LogP contribution in [0.1, 0.15) is 45.9 Å². The van der Waals surface area contributed by atoms with Crippen LogP contribution in [0.3, 0.4) is 0 Å². The summed E-state index contributed by atoms with van der Waals surface area (Å²) in [5.74, 6) is 1.41. The summed E-state index contributed by atoms with van der Waals surface area (Å²) in [7, 11) is 0. The van der Waals surface area contributed by atoms with Crippen LogP contribution in [0.15, 0.2) is 65.3 Å². The molecule has 0 spiro atoms. The van der Waals surface area contributed by atoms with Crippen molar-refractivity contribution in [3.63, 3.8) is 0 Å². The molecule has 1 unspecified atom stereocenters. The number of aromatic hydroxyl groups is 1. The third-order valence-corrected chi connectivity index (χ3v) is 5.68. The molecule has 4 aromatic rings. The number of benzene rings is 2. The summed E-state index contributed by atoms with van der Waals surface area (Å²) in [6.07, 6.45) is 1.60. The predicted molar refractivity (Wildman–Crippen MR) is 118 cm³/mol. The number of nitrogens with one attached hydrogen (secondary N) is 1. The first-order chi connectivity index (χ1) is 15.6. The molecule has 0 radical (unpaired) electrons. The van der Waals surface area contributed by atoms with Crippen molar-refractivity contribution < 1.29 is 19.1 Å². The number of aromatic amines is 1. The molecule has 2 aromatic heterocycles. The molecule has 0 saturated carbocycles. The molecule has 32 heavy (non-hydrogen) atoms. The maximum absolute atomic E-state index is 13.4. The van der Waals surface area contributed by atoms with E-state index in [1.54, 1.807) is 23.3 Å². The Morgan fingerprint density at radius 1 is 1.19 bits per heavy atom. The number of fused-ring (bicyclic) bond motifs is 1. The number of carbonyl (C=O) groups excluding carboxylic acids is 1. The molecule has 0 fully saturated rings. The fraction of sp³-hybridized carbons (Fsp3) is 0.200. The molecule has 2 aromatic carbocycles. The van der Waals surface area contributed by atoms with E-state index in [1.165, 1.54) is 0 Å². The summed E-state index contributed by atoms with van der Waals surface area (Å²) < 4.78 is 11.1. The number of nitrogens with zero attached hydrogens (tertiary/aromatic N) is 2. The highest BCUT2D eigenvalue weighted by molar-refractivity contribution is 6.00. The van der Waals surface area contributed by atoms with Crippen LogP contribution in [0, 0.1) is 6.92 Å². The number of aryl methyl sites for hydroxylation is 1. The lowest BCUT2D eigenvalue weighted by Gasteiger charge is -2.26. The van der Waals surface area contributed by atoms with Gasteiger partial charge in [0, 0.05) is 11.1 Å². The number of hydrogen-bond acceptors (Lipinski definition) is 5. The van der Waals surface area contributed by atoms with Gasteiger partial charge in [-0.3, -0.25) is 9.89 Å². The van der Waals surface area contributed by atoms with E-state index in [2.05, 4.69) is 10.2 Å². The molecular weight excluding hydrogens is 406 g/mol. The number of amides is 1. The second-order valence-corrected chi connectivity index (χ2v) is 7.80. The standard InChI is InChI=1S/C25H23N3O4/c1-3-31-17-9-7-16(8-10-17)24-21-22(19-13-15(2)6-11-20(19)29)26-27-23(21)25(30)28(24)14-18-5-4-12-32-18/h4-13,24,29H,3,14H2,1-2H3,(H,26,27). The van der Waals surface area contributed by atoms with Crippen LogP contribution in [0.25, 0.3) is 11.3 Å². The summed E-state index contributed by atoms with van der Waals surface area (Å²) >= 11 is 0. The molecular formula is C25H23N3O4. The van der Waals surface area contributed by atoms with E-state index in [0.717, 1.165) is 22.4 Å². The van der Waals surface area contributed by atoms with Crippen LogP contribution in [-0.2, 0) is 6.54 Å². The molecule has 1 amide bonds. The Balaban J connectivity index is 1.65.